The van der Waals surface area contributed by atoms with Gasteiger partial charge in [-0.25, -0.2) is 4.79 Å². The number of hydrogen-bond acceptors (Lipinski definition) is 1. The van der Waals surface area contributed by atoms with Gasteiger partial charge < -0.3 is 5.11 Å². The fraction of sp³-hybridized carbons (Fsp3) is 0. The van der Waals surface area contributed by atoms with Crippen LogP contribution >= 0.6 is 0 Å². The van der Waals surface area contributed by atoms with Gasteiger partial charge in [0.25, 0.3) is 0 Å². The molecule has 8 heavy (non-hydrogen) atoms. The van der Waals surface area contributed by atoms with Crippen LogP contribution in [0.25, 0.3) is 0 Å². The van der Waals surface area contributed by atoms with Crippen molar-refractivity contribution in [2.45, 2.75) is 0 Å². The zero-order valence-electron chi connectivity index (χ0n) is 3.89. The third-order valence-electron chi connectivity index (χ3n) is 0.414. The van der Waals surface area contributed by atoms with Crippen molar-refractivity contribution < 1.29 is 14.3 Å². The Labute approximate surface area is 45.6 Å². The molecular weight excluding hydrogens is 111 g/mol. The van der Waals surface area contributed by atoms with E-state index in [1.54, 1.807) is 5.92 Å². The van der Waals surface area contributed by atoms with Crippen molar-refractivity contribution in [2.75, 3.05) is 0 Å². The molecule has 0 aliphatic rings. The van der Waals surface area contributed by atoms with E-state index >= 15 is 0 Å². The van der Waals surface area contributed by atoms with E-state index in [1.165, 1.54) is 0 Å². The van der Waals surface area contributed by atoms with E-state index in [0.717, 1.165) is 0 Å². The minimum absolute atomic E-state index is 0.544. The number of carboxylic acid groups (broad SMARTS) is 1. The number of allylic oxidation sites excluding steroid dienone is 1. The van der Waals surface area contributed by atoms with E-state index in [0.29, 0.717) is 6.08 Å². The molecule has 0 saturated carbocycles. The lowest BCUT2D eigenvalue weighted by Gasteiger charge is -1.79. The number of halogens is 1. The van der Waals surface area contributed by atoms with Gasteiger partial charge >= 0.3 is 5.97 Å². The Morgan fingerprint density at radius 2 is 2.38 bits per heavy atom. The average molecular weight is 114 g/mol. The van der Waals surface area contributed by atoms with Crippen LogP contribution in [0.15, 0.2) is 11.9 Å². The van der Waals surface area contributed by atoms with Gasteiger partial charge in [0.15, 0.2) is 0 Å². The quantitative estimate of drug-likeness (QED) is 0.399. The number of carboxylic acids is 1. The van der Waals surface area contributed by atoms with Crippen LogP contribution in [0.1, 0.15) is 0 Å². The Hall–Kier alpha value is -1.30. The van der Waals surface area contributed by atoms with Crippen molar-refractivity contribution in [3.8, 4) is 12.3 Å². The molecule has 0 atom stereocenters. The number of rotatable bonds is 1. The molecular formula is C5H3FO2. The smallest absolute Gasteiger partial charge is 0.365 e. The summed E-state index contributed by atoms with van der Waals surface area (Å²) in [6, 6.07) is 0. The van der Waals surface area contributed by atoms with Gasteiger partial charge in [-0.1, -0.05) is 5.92 Å². The standard InChI is InChI=1S/C5H3FO2/c1-2-3-4(6)5(7)8/h1,3H,(H,7,8). The topological polar surface area (TPSA) is 37.3 Å². The maximum Gasteiger partial charge on any atom is 0.365 e. The predicted octanol–water partition coefficient (Wildman–Crippen LogP) is 0.558. The van der Waals surface area contributed by atoms with E-state index in [2.05, 4.69) is 6.42 Å². The van der Waals surface area contributed by atoms with Crippen LogP contribution in [0.2, 0.25) is 0 Å². The fourth-order valence-corrected chi connectivity index (χ4v) is 0.135. The third-order valence-corrected chi connectivity index (χ3v) is 0.414. The lowest BCUT2D eigenvalue weighted by Crippen LogP contribution is -1.93. The first-order chi connectivity index (χ1) is 3.68. The SMILES string of the molecule is C#CC=C(F)C(=O)O. The summed E-state index contributed by atoms with van der Waals surface area (Å²) in [5.41, 5.74) is 0. The molecule has 3 heteroatoms. The van der Waals surface area contributed by atoms with Crippen LogP contribution in [0.3, 0.4) is 0 Å². The van der Waals surface area contributed by atoms with Crippen molar-refractivity contribution in [2.24, 2.45) is 0 Å². The summed E-state index contributed by atoms with van der Waals surface area (Å²) in [6.07, 6.45) is 5.08. The van der Waals surface area contributed by atoms with Gasteiger partial charge in [0.2, 0.25) is 5.83 Å². The third kappa shape index (κ3) is 1.98. The van der Waals surface area contributed by atoms with Crippen LogP contribution in [-0.4, -0.2) is 11.1 Å². The van der Waals surface area contributed by atoms with E-state index in [1.807, 2.05) is 0 Å². The summed E-state index contributed by atoms with van der Waals surface area (Å²) >= 11 is 0. The first-order valence-electron chi connectivity index (χ1n) is 1.73. The van der Waals surface area contributed by atoms with E-state index in [9.17, 15) is 9.18 Å². The van der Waals surface area contributed by atoms with E-state index in [4.69, 9.17) is 5.11 Å². The molecule has 0 aliphatic carbocycles. The van der Waals surface area contributed by atoms with Gasteiger partial charge in [-0.2, -0.15) is 4.39 Å². The molecule has 0 aromatic heterocycles. The molecule has 2 nitrogen and oxygen atoms in total. The molecule has 0 spiro atoms. The summed E-state index contributed by atoms with van der Waals surface area (Å²) in [5, 5.41) is 7.77. The maximum absolute atomic E-state index is 11.6. The number of terminal acetylenes is 1. The second-order valence-electron chi connectivity index (χ2n) is 0.964. The molecule has 0 bridgehead atoms. The minimum atomic E-state index is -1.64. The Morgan fingerprint density at radius 3 is 2.50 bits per heavy atom. The van der Waals surface area contributed by atoms with E-state index < -0.39 is 11.8 Å². The summed E-state index contributed by atoms with van der Waals surface area (Å²) < 4.78 is 11.6. The molecule has 0 saturated heterocycles. The van der Waals surface area contributed by atoms with Crippen LogP contribution in [0.5, 0.6) is 0 Å². The Balaban J connectivity index is 4.06. The van der Waals surface area contributed by atoms with Gasteiger partial charge in [0.05, 0.1) is 0 Å². The summed E-state index contributed by atoms with van der Waals surface area (Å²) in [6.45, 7) is 0. The molecule has 0 aliphatic heterocycles. The molecule has 0 unspecified atom stereocenters. The van der Waals surface area contributed by atoms with Crippen molar-refractivity contribution >= 4 is 5.97 Å². The highest BCUT2D eigenvalue weighted by Gasteiger charge is 2.01. The zero-order chi connectivity index (χ0) is 6.57. The summed E-state index contributed by atoms with van der Waals surface area (Å²) in [7, 11) is 0. The predicted molar refractivity (Wildman–Crippen MR) is 25.7 cm³/mol. The lowest BCUT2D eigenvalue weighted by molar-refractivity contribution is -0.134. The van der Waals surface area contributed by atoms with Gasteiger partial charge in [-0.15, -0.1) is 6.42 Å². The maximum atomic E-state index is 11.6. The molecule has 0 radical (unpaired) electrons. The van der Waals surface area contributed by atoms with Crippen molar-refractivity contribution in [3.63, 3.8) is 0 Å². The first-order valence-corrected chi connectivity index (χ1v) is 1.73. The molecule has 0 heterocycles. The molecule has 0 aromatic carbocycles. The van der Waals surface area contributed by atoms with Gasteiger partial charge in [-0.05, 0) is 0 Å². The molecule has 0 amide bonds. The fourth-order valence-electron chi connectivity index (χ4n) is 0.135. The highest BCUT2D eigenvalue weighted by molar-refractivity contribution is 5.84. The second-order valence-corrected chi connectivity index (χ2v) is 0.964. The average Bonchev–Trinajstić information content (AvgIpc) is 1.67. The van der Waals surface area contributed by atoms with Crippen LogP contribution in [0.4, 0.5) is 4.39 Å². The van der Waals surface area contributed by atoms with Crippen LogP contribution < -0.4 is 0 Å². The molecule has 0 rings (SSSR count). The Bertz CT molecular complexity index is 164. The molecule has 42 valence electrons. The number of aliphatic carboxylic acids is 1. The largest absolute Gasteiger partial charge is 0.476 e. The van der Waals surface area contributed by atoms with Crippen molar-refractivity contribution in [1.29, 1.82) is 0 Å². The van der Waals surface area contributed by atoms with Crippen molar-refractivity contribution in [1.82, 2.24) is 0 Å². The minimum Gasteiger partial charge on any atom is -0.476 e. The van der Waals surface area contributed by atoms with Gasteiger partial charge in [-0.3, -0.25) is 0 Å². The monoisotopic (exact) mass is 114 g/mol. The zero-order valence-corrected chi connectivity index (χ0v) is 3.89. The highest BCUT2D eigenvalue weighted by Crippen LogP contribution is 1.92. The van der Waals surface area contributed by atoms with Gasteiger partial charge in [0.1, 0.15) is 0 Å². The molecule has 1 N–H and O–H groups in total. The summed E-state index contributed by atoms with van der Waals surface area (Å²) in [4.78, 5) is 9.55. The first kappa shape index (κ1) is 6.70. The van der Waals surface area contributed by atoms with Crippen LogP contribution in [0, 0.1) is 12.3 Å². The number of hydrogen-bond donors (Lipinski definition) is 1. The second kappa shape index (κ2) is 2.80. The van der Waals surface area contributed by atoms with Crippen molar-refractivity contribution in [3.05, 3.63) is 11.9 Å². The number of carbonyl (C=O) groups is 1. The molecule has 0 fully saturated rings. The normalized spacial score (nSPS) is 10.2. The highest BCUT2D eigenvalue weighted by atomic mass is 19.1. The Morgan fingerprint density at radius 1 is 1.88 bits per heavy atom. The van der Waals surface area contributed by atoms with E-state index in [-0.39, 0.29) is 0 Å². The van der Waals surface area contributed by atoms with Crippen LogP contribution in [-0.2, 0) is 4.79 Å². The summed E-state index contributed by atoms with van der Waals surface area (Å²) in [5.74, 6) is -1.22. The molecule has 0 aromatic rings. The lowest BCUT2D eigenvalue weighted by atomic mass is 10.5. The Kier molecular flexibility index (Phi) is 2.35. The van der Waals surface area contributed by atoms with Gasteiger partial charge in [0, 0.05) is 6.08 Å².